The maximum absolute atomic E-state index is 9.53. The Kier molecular flexibility index (Phi) is 4.57. The van der Waals surface area contributed by atoms with E-state index < -0.39 is 0 Å². The zero-order valence-corrected chi connectivity index (χ0v) is 11.9. The molecule has 0 spiro atoms. The number of benzene rings is 1. The molecule has 102 valence electrons. The average Bonchev–Trinajstić information content (AvgIpc) is 2.47. The summed E-state index contributed by atoms with van der Waals surface area (Å²) >= 11 is 0. The molecule has 0 aromatic heterocycles. The quantitative estimate of drug-likeness (QED) is 0.832. The third kappa shape index (κ3) is 3.56. The second-order valence-electron chi connectivity index (χ2n) is 5.47. The lowest BCUT2D eigenvalue weighted by Gasteiger charge is -2.38. The van der Waals surface area contributed by atoms with Gasteiger partial charge in [0.1, 0.15) is 5.54 Å². The first kappa shape index (κ1) is 14.0. The summed E-state index contributed by atoms with van der Waals surface area (Å²) in [6.07, 6.45) is 1.81. The second kappa shape index (κ2) is 6.18. The van der Waals surface area contributed by atoms with Crippen molar-refractivity contribution < 1.29 is 4.74 Å². The lowest BCUT2D eigenvalue weighted by atomic mass is 9.92. The third-order valence-corrected chi connectivity index (χ3v) is 3.97. The van der Waals surface area contributed by atoms with Gasteiger partial charge in [0.25, 0.3) is 0 Å². The van der Waals surface area contributed by atoms with Gasteiger partial charge in [-0.15, -0.1) is 0 Å². The number of nitrogens with zero attached hydrogens (tertiary/aromatic N) is 2. The van der Waals surface area contributed by atoms with Crippen molar-refractivity contribution in [3.05, 3.63) is 35.4 Å². The molecule has 0 N–H and O–H groups in total. The van der Waals surface area contributed by atoms with Crippen molar-refractivity contribution >= 4 is 0 Å². The van der Waals surface area contributed by atoms with E-state index in [9.17, 15) is 5.26 Å². The fourth-order valence-corrected chi connectivity index (χ4v) is 2.48. The Morgan fingerprint density at radius 1 is 1.26 bits per heavy atom. The first-order chi connectivity index (χ1) is 9.14. The van der Waals surface area contributed by atoms with Crippen molar-refractivity contribution in [2.24, 2.45) is 0 Å². The van der Waals surface area contributed by atoms with Crippen molar-refractivity contribution in [1.29, 1.82) is 5.26 Å². The highest BCUT2D eigenvalue weighted by molar-refractivity contribution is 5.22. The van der Waals surface area contributed by atoms with Gasteiger partial charge in [-0.1, -0.05) is 29.8 Å². The van der Waals surface area contributed by atoms with E-state index in [0.29, 0.717) is 0 Å². The molecule has 1 unspecified atom stereocenters. The molecule has 1 atom stereocenters. The molecule has 0 saturated carbocycles. The molecule has 3 heteroatoms. The molecule has 1 saturated heterocycles. The van der Waals surface area contributed by atoms with Crippen LogP contribution in [0.2, 0.25) is 0 Å². The zero-order chi connectivity index (χ0) is 13.7. The predicted octanol–water partition coefficient (Wildman–Crippen LogP) is 2.54. The van der Waals surface area contributed by atoms with Crippen LogP contribution in [0.25, 0.3) is 0 Å². The molecule has 1 heterocycles. The van der Waals surface area contributed by atoms with E-state index in [4.69, 9.17) is 4.74 Å². The Morgan fingerprint density at radius 3 is 2.47 bits per heavy atom. The molecule has 1 aromatic rings. The summed E-state index contributed by atoms with van der Waals surface area (Å²) < 4.78 is 5.36. The SMILES string of the molecule is Cc1ccc(CCC(C)(C#N)N2CCOCC2)cc1. The summed E-state index contributed by atoms with van der Waals surface area (Å²) in [4.78, 5) is 2.25. The van der Waals surface area contributed by atoms with Crippen LogP contribution in [0.15, 0.2) is 24.3 Å². The van der Waals surface area contributed by atoms with Gasteiger partial charge in [-0.05, 0) is 32.3 Å². The highest BCUT2D eigenvalue weighted by atomic mass is 16.5. The molecular weight excluding hydrogens is 236 g/mol. The van der Waals surface area contributed by atoms with Gasteiger partial charge in [-0.3, -0.25) is 4.90 Å². The molecule has 0 amide bonds. The number of rotatable bonds is 4. The minimum Gasteiger partial charge on any atom is -0.379 e. The van der Waals surface area contributed by atoms with Gasteiger partial charge in [0.15, 0.2) is 0 Å². The maximum atomic E-state index is 9.53. The summed E-state index contributed by atoms with van der Waals surface area (Å²) in [7, 11) is 0. The van der Waals surface area contributed by atoms with Crippen molar-refractivity contribution in [3.63, 3.8) is 0 Å². The number of morpholine rings is 1. The molecular formula is C16H22N2O. The molecule has 1 aliphatic heterocycles. The van der Waals surface area contributed by atoms with Crippen LogP contribution in [-0.2, 0) is 11.2 Å². The first-order valence-electron chi connectivity index (χ1n) is 6.94. The smallest absolute Gasteiger partial charge is 0.106 e. The molecule has 1 aliphatic rings. The maximum Gasteiger partial charge on any atom is 0.106 e. The van der Waals surface area contributed by atoms with Crippen molar-refractivity contribution in [2.45, 2.75) is 32.2 Å². The molecule has 1 aromatic carbocycles. The molecule has 0 aliphatic carbocycles. The van der Waals surface area contributed by atoms with Crippen LogP contribution in [0.3, 0.4) is 0 Å². The monoisotopic (exact) mass is 258 g/mol. The van der Waals surface area contributed by atoms with Gasteiger partial charge in [-0.25, -0.2) is 0 Å². The fraction of sp³-hybridized carbons (Fsp3) is 0.562. The lowest BCUT2D eigenvalue weighted by Crippen LogP contribution is -2.51. The van der Waals surface area contributed by atoms with Gasteiger partial charge in [-0.2, -0.15) is 5.26 Å². The van der Waals surface area contributed by atoms with E-state index in [1.54, 1.807) is 0 Å². The number of hydrogen-bond donors (Lipinski definition) is 0. The highest BCUT2D eigenvalue weighted by Gasteiger charge is 2.32. The second-order valence-corrected chi connectivity index (χ2v) is 5.47. The van der Waals surface area contributed by atoms with Crippen molar-refractivity contribution in [2.75, 3.05) is 26.3 Å². The van der Waals surface area contributed by atoms with Crippen LogP contribution in [0, 0.1) is 18.3 Å². The predicted molar refractivity (Wildman–Crippen MR) is 75.9 cm³/mol. The van der Waals surface area contributed by atoms with Gasteiger partial charge in [0.05, 0.1) is 19.3 Å². The summed E-state index contributed by atoms with van der Waals surface area (Å²) in [5.74, 6) is 0. The van der Waals surface area contributed by atoms with Crippen LogP contribution in [0.4, 0.5) is 0 Å². The van der Waals surface area contributed by atoms with Gasteiger partial charge >= 0.3 is 0 Å². The number of aryl methyl sites for hydroxylation is 2. The van der Waals surface area contributed by atoms with E-state index in [-0.39, 0.29) is 5.54 Å². The minimum atomic E-state index is -0.380. The van der Waals surface area contributed by atoms with E-state index in [2.05, 4.69) is 42.2 Å². The number of hydrogen-bond acceptors (Lipinski definition) is 3. The van der Waals surface area contributed by atoms with Crippen molar-refractivity contribution in [3.8, 4) is 6.07 Å². The van der Waals surface area contributed by atoms with Crippen LogP contribution in [0.5, 0.6) is 0 Å². The fourth-order valence-electron chi connectivity index (χ4n) is 2.48. The molecule has 2 rings (SSSR count). The standard InChI is InChI=1S/C16H22N2O/c1-14-3-5-15(6-4-14)7-8-16(2,13-17)18-9-11-19-12-10-18/h3-6H,7-12H2,1-2H3. The van der Waals surface area contributed by atoms with Gasteiger partial charge in [0, 0.05) is 13.1 Å². The van der Waals surface area contributed by atoms with Crippen LogP contribution in [0.1, 0.15) is 24.5 Å². The van der Waals surface area contributed by atoms with E-state index in [1.807, 2.05) is 6.92 Å². The Labute approximate surface area is 115 Å². The van der Waals surface area contributed by atoms with Crippen molar-refractivity contribution in [1.82, 2.24) is 4.90 Å². The topological polar surface area (TPSA) is 36.3 Å². The summed E-state index contributed by atoms with van der Waals surface area (Å²) in [6, 6.07) is 11.1. The number of nitriles is 1. The highest BCUT2D eigenvalue weighted by Crippen LogP contribution is 2.22. The molecule has 0 bridgehead atoms. The Balaban J connectivity index is 1.98. The summed E-state index contributed by atoms with van der Waals surface area (Å²) in [6.45, 7) is 7.34. The average molecular weight is 258 g/mol. The third-order valence-electron chi connectivity index (χ3n) is 3.97. The van der Waals surface area contributed by atoms with Crippen LogP contribution < -0.4 is 0 Å². The molecule has 0 radical (unpaired) electrons. The van der Waals surface area contributed by atoms with E-state index in [0.717, 1.165) is 39.1 Å². The Bertz CT molecular complexity index is 443. The first-order valence-corrected chi connectivity index (χ1v) is 6.94. The Hall–Kier alpha value is -1.37. The Morgan fingerprint density at radius 2 is 1.89 bits per heavy atom. The van der Waals surface area contributed by atoms with E-state index >= 15 is 0 Å². The molecule has 1 fully saturated rings. The zero-order valence-electron chi connectivity index (χ0n) is 11.9. The van der Waals surface area contributed by atoms with Gasteiger partial charge < -0.3 is 4.74 Å². The largest absolute Gasteiger partial charge is 0.379 e. The summed E-state index contributed by atoms with van der Waals surface area (Å²) in [5, 5.41) is 9.53. The molecule has 3 nitrogen and oxygen atoms in total. The van der Waals surface area contributed by atoms with Gasteiger partial charge in [0.2, 0.25) is 0 Å². The normalized spacial score (nSPS) is 19.6. The van der Waals surface area contributed by atoms with Crippen LogP contribution in [-0.4, -0.2) is 36.7 Å². The lowest BCUT2D eigenvalue weighted by molar-refractivity contribution is -0.000448. The summed E-state index contributed by atoms with van der Waals surface area (Å²) in [5.41, 5.74) is 2.20. The molecule has 19 heavy (non-hydrogen) atoms. The number of ether oxygens (including phenoxy) is 1. The van der Waals surface area contributed by atoms with Crippen LogP contribution >= 0.6 is 0 Å². The minimum absolute atomic E-state index is 0.380. The van der Waals surface area contributed by atoms with E-state index in [1.165, 1.54) is 11.1 Å².